The number of rotatable bonds is 5. The topological polar surface area (TPSA) is 27.7 Å². The third kappa shape index (κ3) is 59.1. The average molecular weight is 208 g/mol. The molecule has 0 saturated carbocycles. The lowest BCUT2D eigenvalue weighted by Gasteiger charge is -1.92. The summed E-state index contributed by atoms with van der Waals surface area (Å²) in [6.45, 7) is 8.91. The van der Waals surface area contributed by atoms with E-state index in [1.165, 1.54) is 39.9 Å². The fourth-order valence-corrected chi connectivity index (χ4v) is 0.0962. The van der Waals surface area contributed by atoms with Crippen LogP contribution in [0.25, 0.3) is 0 Å². The van der Waals surface area contributed by atoms with Gasteiger partial charge in [-0.1, -0.05) is 53.4 Å². The lowest BCUT2D eigenvalue weighted by Crippen LogP contribution is -1.92. The van der Waals surface area contributed by atoms with Gasteiger partial charge in [0, 0.05) is 7.11 Å². The van der Waals surface area contributed by atoms with E-state index in [-0.39, 0.29) is 6.79 Å². The maximum atomic E-state index is 4.44. The first kappa shape index (κ1) is 19.5. The molecule has 0 aromatic carbocycles. The van der Waals surface area contributed by atoms with Gasteiger partial charge >= 0.3 is 0 Å². The standard InChI is InChI=1S/2C4H10.C3H8O3/c2*1-3-4-2;1-4-3-6-5-2/h2*3-4H2,1-2H3;3H2,1-2H3. The van der Waals surface area contributed by atoms with E-state index >= 15 is 0 Å². The summed E-state index contributed by atoms with van der Waals surface area (Å²) in [5.74, 6) is 0. The number of hydrogen-bond acceptors (Lipinski definition) is 3. The van der Waals surface area contributed by atoms with Gasteiger partial charge in [0.1, 0.15) is 0 Å². The molecule has 0 aliphatic carbocycles. The van der Waals surface area contributed by atoms with E-state index in [2.05, 4.69) is 42.2 Å². The van der Waals surface area contributed by atoms with Gasteiger partial charge in [-0.15, -0.1) is 0 Å². The summed E-state index contributed by atoms with van der Waals surface area (Å²) >= 11 is 0. The van der Waals surface area contributed by atoms with Gasteiger partial charge in [0.05, 0.1) is 7.11 Å². The van der Waals surface area contributed by atoms with Crippen molar-refractivity contribution in [3.63, 3.8) is 0 Å². The van der Waals surface area contributed by atoms with Gasteiger partial charge in [0.25, 0.3) is 0 Å². The SMILES string of the molecule is CCCC.CCCC.COCOOC. The molecule has 0 unspecified atom stereocenters. The minimum atomic E-state index is 0.191. The van der Waals surface area contributed by atoms with Crippen molar-refractivity contribution < 1.29 is 14.5 Å². The number of unbranched alkanes of at least 4 members (excludes halogenated alkanes) is 2. The van der Waals surface area contributed by atoms with E-state index in [1.807, 2.05) is 0 Å². The minimum Gasteiger partial charge on any atom is -0.355 e. The second-order valence-corrected chi connectivity index (χ2v) is 2.69. The molecular formula is C11H28O3. The van der Waals surface area contributed by atoms with Crippen LogP contribution in [0.5, 0.6) is 0 Å². The van der Waals surface area contributed by atoms with Crippen molar-refractivity contribution in [2.75, 3.05) is 21.0 Å². The Hall–Kier alpha value is -0.120. The molecule has 0 aromatic rings. The summed E-state index contributed by atoms with van der Waals surface area (Å²) in [4.78, 5) is 8.42. The van der Waals surface area contributed by atoms with Crippen LogP contribution in [-0.2, 0) is 14.5 Å². The number of hydrogen-bond donors (Lipinski definition) is 0. The first-order chi connectivity index (χ1) is 6.74. The van der Waals surface area contributed by atoms with E-state index < -0.39 is 0 Å². The monoisotopic (exact) mass is 208 g/mol. The lowest BCUT2D eigenvalue weighted by atomic mass is 10.4. The maximum absolute atomic E-state index is 4.44. The first-order valence-electron chi connectivity index (χ1n) is 5.39. The molecule has 0 aliphatic rings. The second kappa shape index (κ2) is 29.3. The van der Waals surface area contributed by atoms with Crippen molar-refractivity contribution in [1.29, 1.82) is 0 Å². The zero-order valence-electron chi connectivity index (χ0n) is 10.8. The Morgan fingerprint density at radius 3 is 1.14 bits per heavy atom. The van der Waals surface area contributed by atoms with Crippen molar-refractivity contribution >= 4 is 0 Å². The Morgan fingerprint density at radius 1 is 0.714 bits per heavy atom. The third-order valence-electron chi connectivity index (χ3n) is 1.28. The quantitative estimate of drug-likeness (QED) is 0.298. The van der Waals surface area contributed by atoms with Crippen molar-refractivity contribution in [2.24, 2.45) is 0 Å². The van der Waals surface area contributed by atoms with E-state index in [0.717, 1.165) is 0 Å². The average Bonchev–Trinajstić information content (AvgIpc) is 2.27. The summed E-state index contributed by atoms with van der Waals surface area (Å²) in [7, 11) is 2.96. The van der Waals surface area contributed by atoms with Crippen LogP contribution in [0.3, 0.4) is 0 Å². The fraction of sp³-hybridized carbons (Fsp3) is 1.00. The van der Waals surface area contributed by atoms with Gasteiger partial charge in [-0.05, 0) is 0 Å². The Bertz CT molecular complexity index is 46.5. The van der Waals surface area contributed by atoms with Crippen LogP contribution in [0.4, 0.5) is 0 Å². The second-order valence-electron chi connectivity index (χ2n) is 2.69. The highest BCUT2D eigenvalue weighted by Gasteiger charge is 1.71. The van der Waals surface area contributed by atoms with Gasteiger partial charge in [-0.3, -0.25) is 0 Å². The Labute approximate surface area is 89.7 Å². The zero-order chi connectivity index (χ0) is 11.7. The molecule has 3 heteroatoms. The molecule has 0 amide bonds. The van der Waals surface area contributed by atoms with Gasteiger partial charge in [-0.25, -0.2) is 9.78 Å². The van der Waals surface area contributed by atoms with Crippen LogP contribution in [0.2, 0.25) is 0 Å². The highest BCUT2D eigenvalue weighted by atomic mass is 17.2. The maximum Gasteiger partial charge on any atom is 0.180 e. The molecule has 0 saturated heterocycles. The molecule has 0 spiro atoms. The van der Waals surface area contributed by atoms with Crippen LogP contribution in [0.1, 0.15) is 53.4 Å². The molecule has 90 valence electrons. The minimum absolute atomic E-state index is 0.191. The molecule has 0 aromatic heterocycles. The zero-order valence-corrected chi connectivity index (χ0v) is 10.8. The molecule has 0 N–H and O–H groups in total. The molecule has 0 radical (unpaired) electrons. The summed E-state index contributed by atoms with van der Waals surface area (Å²) in [5.41, 5.74) is 0. The highest BCUT2D eigenvalue weighted by molar-refractivity contribution is 4.13. The molecular weight excluding hydrogens is 180 g/mol. The summed E-state index contributed by atoms with van der Waals surface area (Å²) in [6, 6.07) is 0. The Balaban J connectivity index is -0.000000135. The Morgan fingerprint density at radius 2 is 1.07 bits per heavy atom. The van der Waals surface area contributed by atoms with E-state index in [1.54, 1.807) is 0 Å². The van der Waals surface area contributed by atoms with Crippen LogP contribution in [0.15, 0.2) is 0 Å². The first-order valence-corrected chi connectivity index (χ1v) is 5.39. The van der Waals surface area contributed by atoms with Crippen LogP contribution in [0, 0.1) is 0 Å². The molecule has 0 heterocycles. The van der Waals surface area contributed by atoms with Gasteiger partial charge in [0.2, 0.25) is 0 Å². The number of ether oxygens (including phenoxy) is 1. The van der Waals surface area contributed by atoms with Crippen LogP contribution < -0.4 is 0 Å². The molecule has 0 bridgehead atoms. The molecule has 3 nitrogen and oxygen atoms in total. The molecule has 0 atom stereocenters. The van der Waals surface area contributed by atoms with Crippen molar-refractivity contribution in [3.05, 3.63) is 0 Å². The largest absolute Gasteiger partial charge is 0.355 e. The van der Waals surface area contributed by atoms with Crippen molar-refractivity contribution in [3.8, 4) is 0 Å². The molecule has 0 aliphatic heterocycles. The van der Waals surface area contributed by atoms with Crippen LogP contribution >= 0.6 is 0 Å². The fourth-order valence-electron chi connectivity index (χ4n) is 0.0962. The number of methoxy groups -OCH3 is 1. The van der Waals surface area contributed by atoms with Crippen LogP contribution in [-0.4, -0.2) is 21.0 Å². The van der Waals surface area contributed by atoms with E-state index in [4.69, 9.17) is 0 Å². The molecule has 14 heavy (non-hydrogen) atoms. The predicted molar refractivity (Wildman–Crippen MR) is 61.1 cm³/mol. The lowest BCUT2D eigenvalue weighted by molar-refractivity contribution is -0.314. The van der Waals surface area contributed by atoms with Crippen molar-refractivity contribution in [2.45, 2.75) is 53.4 Å². The van der Waals surface area contributed by atoms with Gasteiger partial charge in [0.15, 0.2) is 6.79 Å². The van der Waals surface area contributed by atoms with Crippen molar-refractivity contribution in [1.82, 2.24) is 0 Å². The van der Waals surface area contributed by atoms with Gasteiger partial charge < -0.3 is 4.74 Å². The van der Waals surface area contributed by atoms with E-state index in [0.29, 0.717) is 0 Å². The summed E-state index contributed by atoms with van der Waals surface area (Å²) in [6.07, 6.45) is 5.28. The summed E-state index contributed by atoms with van der Waals surface area (Å²) in [5, 5.41) is 0. The Kier molecular flexibility index (Phi) is 40.7. The predicted octanol–water partition coefficient (Wildman–Crippen LogP) is 3.78. The molecule has 0 rings (SSSR count). The third-order valence-corrected chi connectivity index (χ3v) is 1.28. The summed E-state index contributed by atoms with van der Waals surface area (Å²) < 4.78 is 4.44. The molecule has 0 fully saturated rings. The van der Waals surface area contributed by atoms with Gasteiger partial charge in [-0.2, -0.15) is 0 Å². The highest BCUT2D eigenvalue weighted by Crippen LogP contribution is 1.77. The van der Waals surface area contributed by atoms with E-state index in [9.17, 15) is 0 Å². The smallest absolute Gasteiger partial charge is 0.180 e. The normalized spacial score (nSPS) is 8.14.